The summed E-state index contributed by atoms with van der Waals surface area (Å²) in [5.41, 5.74) is 2.37. The average molecular weight is 415 g/mol. The molecule has 0 fully saturated rings. The number of carbonyl (C=O) groups excluding carboxylic acids is 1. The van der Waals surface area contributed by atoms with Crippen LogP contribution in [-0.2, 0) is 16.6 Å². The molecule has 0 radical (unpaired) electrons. The monoisotopic (exact) mass is 414 g/mol. The number of hydrogen-bond donors (Lipinski definition) is 1. The first kappa shape index (κ1) is 22.8. The number of sulfonamides is 1. The van der Waals surface area contributed by atoms with Crippen molar-refractivity contribution in [2.75, 3.05) is 6.54 Å². The van der Waals surface area contributed by atoms with Gasteiger partial charge in [-0.1, -0.05) is 49.2 Å². The van der Waals surface area contributed by atoms with Crippen LogP contribution in [0.25, 0.3) is 0 Å². The molecule has 1 atom stereocenters. The van der Waals surface area contributed by atoms with Gasteiger partial charge in [0, 0.05) is 24.7 Å². The largest absolute Gasteiger partial charge is 0.350 e. The van der Waals surface area contributed by atoms with Crippen molar-refractivity contribution in [2.24, 2.45) is 0 Å². The van der Waals surface area contributed by atoms with Crippen LogP contribution in [0.4, 0.5) is 0 Å². The van der Waals surface area contributed by atoms with E-state index < -0.39 is 10.0 Å². The molecule has 6 heteroatoms. The third kappa shape index (κ3) is 6.27. The number of amides is 1. The molecule has 2 aromatic carbocycles. The zero-order valence-electron chi connectivity index (χ0n) is 17.4. The minimum atomic E-state index is -3.64. The second-order valence-electron chi connectivity index (χ2n) is 7.26. The minimum Gasteiger partial charge on any atom is -0.350 e. The molecule has 5 nitrogen and oxygen atoms in total. The van der Waals surface area contributed by atoms with Gasteiger partial charge in [0.1, 0.15) is 0 Å². The van der Waals surface area contributed by atoms with Crippen molar-refractivity contribution in [1.29, 1.82) is 0 Å². The fourth-order valence-electron chi connectivity index (χ4n) is 3.03. The molecule has 0 aromatic heterocycles. The quantitative estimate of drug-likeness (QED) is 0.590. The fourth-order valence-corrected chi connectivity index (χ4v) is 4.43. The van der Waals surface area contributed by atoms with Crippen LogP contribution in [0.5, 0.6) is 0 Å². The van der Waals surface area contributed by atoms with Crippen molar-refractivity contribution >= 4 is 15.9 Å². The van der Waals surface area contributed by atoms with Crippen molar-refractivity contribution in [1.82, 2.24) is 9.62 Å². The van der Waals surface area contributed by atoms with E-state index in [2.05, 4.69) is 18.8 Å². The van der Waals surface area contributed by atoms with Gasteiger partial charge in [-0.05, 0) is 50.1 Å². The van der Waals surface area contributed by atoms with Crippen LogP contribution in [-0.4, -0.2) is 31.2 Å². The Bertz CT molecular complexity index is 920. The summed E-state index contributed by atoms with van der Waals surface area (Å²) in [5.74, 6) is -0.118. The lowest BCUT2D eigenvalue weighted by Crippen LogP contribution is -2.32. The number of nitrogens with zero attached hydrogens (tertiary/aromatic N) is 1. The van der Waals surface area contributed by atoms with Crippen molar-refractivity contribution in [3.63, 3.8) is 0 Å². The van der Waals surface area contributed by atoms with Crippen LogP contribution in [0.3, 0.4) is 0 Å². The second kappa shape index (κ2) is 10.4. The predicted molar refractivity (Wildman–Crippen MR) is 117 cm³/mol. The molecule has 0 spiro atoms. The Hall–Kier alpha value is -2.44. The minimum absolute atomic E-state index is 0.118. The molecule has 0 heterocycles. The summed E-state index contributed by atoms with van der Waals surface area (Å²) in [6.45, 7) is 10.1. The summed E-state index contributed by atoms with van der Waals surface area (Å²) in [4.78, 5) is 12.6. The molecule has 0 aliphatic heterocycles. The lowest BCUT2D eigenvalue weighted by molar-refractivity contribution is 0.0938. The average Bonchev–Trinajstić information content (AvgIpc) is 2.68. The van der Waals surface area contributed by atoms with Gasteiger partial charge in [0.05, 0.1) is 4.90 Å². The smallest absolute Gasteiger partial charge is 0.251 e. The van der Waals surface area contributed by atoms with Gasteiger partial charge in [0.2, 0.25) is 10.0 Å². The molecule has 0 saturated heterocycles. The lowest BCUT2D eigenvalue weighted by atomic mass is 10.1. The van der Waals surface area contributed by atoms with Crippen LogP contribution < -0.4 is 5.32 Å². The molecule has 1 N–H and O–H groups in total. The van der Waals surface area contributed by atoms with E-state index in [1.165, 1.54) is 4.31 Å². The van der Waals surface area contributed by atoms with Gasteiger partial charge >= 0.3 is 0 Å². The van der Waals surface area contributed by atoms with E-state index in [4.69, 9.17) is 0 Å². The van der Waals surface area contributed by atoms with Gasteiger partial charge in [0.25, 0.3) is 5.91 Å². The summed E-state index contributed by atoms with van der Waals surface area (Å²) in [5, 5.41) is 2.97. The van der Waals surface area contributed by atoms with Crippen LogP contribution in [0.15, 0.2) is 66.1 Å². The maximum absolute atomic E-state index is 13.0. The van der Waals surface area contributed by atoms with Gasteiger partial charge in [-0.3, -0.25) is 4.79 Å². The predicted octanol–water partition coefficient (Wildman–Crippen LogP) is 4.29. The number of carbonyl (C=O) groups is 1. The molecule has 0 bridgehead atoms. The molecule has 0 aliphatic rings. The second-order valence-corrected chi connectivity index (χ2v) is 9.20. The summed E-state index contributed by atoms with van der Waals surface area (Å²) in [6, 6.07) is 14.0. The topological polar surface area (TPSA) is 66.5 Å². The van der Waals surface area contributed by atoms with E-state index in [-0.39, 0.29) is 29.9 Å². The van der Waals surface area contributed by atoms with Crippen LogP contribution >= 0.6 is 0 Å². The normalized spacial score (nSPS) is 12.6. The Labute approximate surface area is 174 Å². The molecule has 0 aliphatic carbocycles. The van der Waals surface area contributed by atoms with Crippen molar-refractivity contribution < 1.29 is 13.2 Å². The first-order valence-electron chi connectivity index (χ1n) is 9.85. The molecule has 1 amide bonds. The summed E-state index contributed by atoms with van der Waals surface area (Å²) < 4.78 is 27.4. The Balaban J connectivity index is 2.15. The van der Waals surface area contributed by atoms with Crippen LogP contribution in [0.1, 0.15) is 48.2 Å². The lowest BCUT2D eigenvalue weighted by Gasteiger charge is -2.21. The zero-order chi connectivity index (χ0) is 21.4. The highest BCUT2D eigenvalue weighted by molar-refractivity contribution is 7.89. The third-order valence-corrected chi connectivity index (χ3v) is 6.49. The van der Waals surface area contributed by atoms with E-state index >= 15 is 0 Å². The molecule has 2 aromatic rings. The molecule has 2 rings (SSSR count). The SMILES string of the molecule is C=CCN(Cc1ccc(C(=O)N[C@H](C)CCC)cc1)S(=O)(=O)c1ccc(C)cc1. The Morgan fingerprint density at radius 2 is 1.76 bits per heavy atom. The highest BCUT2D eigenvalue weighted by Crippen LogP contribution is 2.19. The van der Waals surface area contributed by atoms with Gasteiger partial charge in [-0.25, -0.2) is 8.42 Å². The molecule has 29 heavy (non-hydrogen) atoms. The third-order valence-electron chi connectivity index (χ3n) is 4.67. The van der Waals surface area contributed by atoms with E-state index in [0.29, 0.717) is 5.56 Å². The Morgan fingerprint density at radius 3 is 2.31 bits per heavy atom. The Morgan fingerprint density at radius 1 is 1.14 bits per heavy atom. The van der Waals surface area contributed by atoms with Gasteiger partial charge in [-0.15, -0.1) is 6.58 Å². The molecule has 156 valence electrons. The summed E-state index contributed by atoms with van der Waals surface area (Å²) in [7, 11) is -3.64. The number of hydrogen-bond acceptors (Lipinski definition) is 3. The maximum atomic E-state index is 13.0. The first-order chi connectivity index (χ1) is 13.8. The van der Waals surface area contributed by atoms with Gasteiger partial charge < -0.3 is 5.32 Å². The molecule has 0 saturated carbocycles. The highest BCUT2D eigenvalue weighted by Gasteiger charge is 2.23. The van der Waals surface area contributed by atoms with E-state index in [1.54, 1.807) is 54.6 Å². The molecular formula is C23H30N2O3S. The van der Waals surface area contributed by atoms with E-state index in [1.807, 2.05) is 13.8 Å². The summed E-state index contributed by atoms with van der Waals surface area (Å²) >= 11 is 0. The highest BCUT2D eigenvalue weighted by atomic mass is 32.2. The van der Waals surface area contributed by atoms with Crippen molar-refractivity contribution in [2.45, 2.75) is 51.1 Å². The molecule has 0 unspecified atom stereocenters. The maximum Gasteiger partial charge on any atom is 0.251 e. The number of rotatable bonds is 10. The van der Waals surface area contributed by atoms with Gasteiger partial charge in [-0.2, -0.15) is 4.31 Å². The number of aryl methyl sites for hydroxylation is 1. The number of benzene rings is 2. The first-order valence-corrected chi connectivity index (χ1v) is 11.3. The van der Waals surface area contributed by atoms with Crippen molar-refractivity contribution in [3.05, 3.63) is 77.9 Å². The van der Waals surface area contributed by atoms with Crippen molar-refractivity contribution in [3.8, 4) is 0 Å². The zero-order valence-corrected chi connectivity index (χ0v) is 18.2. The standard InChI is InChI=1S/C23H30N2O3S/c1-5-7-19(4)24-23(26)21-12-10-20(11-13-21)17-25(16-6-2)29(27,28)22-14-8-18(3)9-15-22/h6,8-15,19H,2,5,7,16-17H2,1,3-4H3,(H,24,26)/t19-/m1/s1. The summed E-state index contributed by atoms with van der Waals surface area (Å²) in [6.07, 6.45) is 3.51. The Kier molecular flexibility index (Phi) is 8.17. The van der Waals surface area contributed by atoms with Crippen LogP contribution in [0.2, 0.25) is 0 Å². The van der Waals surface area contributed by atoms with Crippen LogP contribution in [0, 0.1) is 6.92 Å². The number of nitrogens with one attached hydrogen (secondary N) is 1. The van der Waals surface area contributed by atoms with Gasteiger partial charge in [0.15, 0.2) is 0 Å². The molecular weight excluding hydrogens is 384 g/mol. The fraction of sp³-hybridized carbons (Fsp3) is 0.348. The van der Waals surface area contributed by atoms with E-state index in [0.717, 1.165) is 24.0 Å². The van der Waals surface area contributed by atoms with E-state index in [9.17, 15) is 13.2 Å².